The van der Waals surface area contributed by atoms with Crippen LogP contribution in [-0.4, -0.2) is 18.5 Å². The number of aryl methyl sites for hydroxylation is 1. The van der Waals surface area contributed by atoms with Gasteiger partial charge in [-0.05, 0) is 30.2 Å². The quantitative estimate of drug-likeness (QED) is 0.926. The summed E-state index contributed by atoms with van der Waals surface area (Å²) in [5.41, 5.74) is 3.11. The molecular weight excluding hydrogens is 294 g/mol. The zero-order valence-corrected chi connectivity index (χ0v) is 12.6. The number of benzene rings is 2. The minimum atomic E-state index is -0.441. The van der Waals surface area contributed by atoms with Crippen LogP contribution < -0.4 is 14.8 Å². The summed E-state index contributed by atoms with van der Waals surface area (Å²) in [6.07, 6.45) is 0.219. The molecule has 1 amide bonds. The molecule has 2 aromatic carbocycles. The number of ketones is 1. The van der Waals surface area contributed by atoms with Crippen LogP contribution in [0.1, 0.15) is 33.8 Å². The van der Waals surface area contributed by atoms with E-state index in [1.54, 1.807) is 24.3 Å². The molecule has 1 heterocycles. The number of amides is 1. The third-order valence-corrected chi connectivity index (χ3v) is 4.32. The van der Waals surface area contributed by atoms with Crippen molar-refractivity contribution in [2.24, 2.45) is 0 Å². The molecule has 0 aromatic heterocycles. The normalized spacial score (nSPS) is 18.0. The first-order valence-corrected chi connectivity index (χ1v) is 7.47. The van der Waals surface area contributed by atoms with E-state index in [1.165, 1.54) is 0 Å². The molecule has 1 unspecified atom stereocenters. The summed E-state index contributed by atoms with van der Waals surface area (Å²) < 4.78 is 10.6. The van der Waals surface area contributed by atoms with Crippen molar-refractivity contribution in [1.82, 2.24) is 0 Å². The number of fused-ring (bicyclic) bond motifs is 2. The van der Waals surface area contributed by atoms with E-state index in [1.807, 2.05) is 19.1 Å². The summed E-state index contributed by atoms with van der Waals surface area (Å²) in [6, 6.07) is 10.8. The van der Waals surface area contributed by atoms with Crippen molar-refractivity contribution in [3.63, 3.8) is 0 Å². The second-order valence-electron chi connectivity index (χ2n) is 5.77. The standard InChI is InChI=1S/C18H15NO4/c1-10-3-2-4-12-14(20)8-13(17(10)12)18(21)19-11-5-6-15-16(7-11)23-9-22-15/h2-7,13H,8-9H2,1H3,(H,19,21). The van der Waals surface area contributed by atoms with Gasteiger partial charge in [0.25, 0.3) is 0 Å². The first-order valence-electron chi connectivity index (χ1n) is 7.47. The van der Waals surface area contributed by atoms with Gasteiger partial charge in [-0.2, -0.15) is 0 Å². The van der Waals surface area contributed by atoms with Crippen LogP contribution in [0.15, 0.2) is 36.4 Å². The van der Waals surface area contributed by atoms with Gasteiger partial charge in [-0.15, -0.1) is 0 Å². The molecule has 0 bridgehead atoms. The zero-order valence-electron chi connectivity index (χ0n) is 12.6. The molecule has 2 aliphatic rings. The molecule has 1 aliphatic heterocycles. The van der Waals surface area contributed by atoms with Gasteiger partial charge >= 0.3 is 0 Å². The zero-order chi connectivity index (χ0) is 16.0. The second kappa shape index (κ2) is 5.12. The second-order valence-corrected chi connectivity index (χ2v) is 5.77. The molecule has 4 rings (SSSR count). The maximum absolute atomic E-state index is 12.6. The summed E-state index contributed by atoms with van der Waals surface area (Å²) in [6.45, 7) is 2.12. The molecule has 0 radical (unpaired) electrons. The van der Waals surface area contributed by atoms with Crippen LogP contribution >= 0.6 is 0 Å². The van der Waals surface area contributed by atoms with Crippen molar-refractivity contribution < 1.29 is 19.1 Å². The van der Waals surface area contributed by atoms with Gasteiger partial charge in [-0.25, -0.2) is 0 Å². The van der Waals surface area contributed by atoms with Crippen LogP contribution in [0.4, 0.5) is 5.69 Å². The molecule has 0 fully saturated rings. The number of nitrogens with one attached hydrogen (secondary N) is 1. The van der Waals surface area contributed by atoms with Gasteiger partial charge in [0.05, 0.1) is 5.92 Å². The summed E-state index contributed by atoms with van der Waals surface area (Å²) in [5, 5.41) is 2.88. The SMILES string of the molecule is Cc1cccc2c1C(C(=O)Nc1ccc3c(c1)OCO3)CC2=O. The van der Waals surface area contributed by atoms with Crippen LogP contribution in [-0.2, 0) is 4.79 Å². The predicted molar refractivity (Wildman–Crippen MR) is 84.1 cm³/mol. The number of carbonyl (C=O) groups is 2. The lowest BCUT2D eigenvalue weighted by Crippen LogP contribution is -2.20. The number of anilines is 1. The van der Waals surface area contributed by atoms with E-state index < -0.39 is 5.92 Å². The van der Waals surface area contributed by atoms with E-state index in [-0.39, 0.29) is 24.9 Å². The van der Waals surface area contributed by atoms with Crippen molar-refractivity contribution >= 4 is 17.4 Å². The molecular formula is C18H15NO4. The highest BCUT2D eigenvalue weighted by Crippen LogP contribution is 2.38. The molecule has 1 N–H and O–H groups in total. The third kappa shape index (κ3) is 2.25. The van der Waals surface area contributed by atoms with Gasteiger partial charge in [-0.3, -0.25) is 9.59 Å². The van der Waals surface area contributed by atoms with E-state index in [4.69, 9.17) is 9.47 Å². The predicted octanol–water partition coefficient (Wildman–Crippen LogP) is 3.03. The Bertz CT molecular complexity index is 828. The van der Waals surface area contributed by atoms with Crippen molar-refractivity contribution in [2.45, 2.75) is 19.3 Å². The molecule has 0 saturated carbocycles. The van der Waals surface area contributed by atoms with Crippen LogP contribution in [0, 0.1) is 6.92 Å². The fourth-order valence-electron chi connectivity index (χ4n) is 3.21. The Hall–Kier alpha value is -2.82. The number of ether oxygens (including phenoxy) is 2. The first kappa shape index (κ1) is 13.8. The Kier molecular flexibility index (Phi) is 3.08. The van der Waals surface area contributed by atoms with Gasteiger partial charge in [0.1, 0.15) is 0 Å². The molecule has 1 atom stereocenters. The first-order chi connectivity index (χ1) is 11.1. The van der Waals surface area contributed by atoms with E-state index in [0.717, 1.165) is 11.1 Å². The van der Waals surface area contributed by atoms with Gasteiger partial charge < -0.3 is 14.8 Å². The van der Waals surface area contributed by atoms with E-state index in [0.29, 0.717) is 22.7 Å². The maximum Gasteiger partial charge on any atom is 0.232 e. The Balaban J connectivity index is 1.60. The van der Waals surface area contributed by atoms with Crippen molar-refractivity contribution in [3.8, 4) is 11.5 Å². The Morgan fingerprint density at radius 2 is 2.00 bits per heavy atom. The number of Topliss-reactive ketones (excluding diaryl/α,β-unsaturated/α-hetero) is 1. The summed E-state index contributed by atoms with van der Waals surface area (Å²) in [7, 11) is 0. The summed E-state index contributed by atoms with van der Waals surface area (Å²) in [4.78, 5) is 24.8. The number of carbonyl (C=O) groups excluding carboxylic acids is 2. The molecule has 0 saturated heterocycles. The highest BCUT2D eigenvalue weighted by Gasteiger charge is 2.35. The lowest BCUT2D eigenvalue weighted by Gasteiger charge is -2.14. The van der Waals surface area contributed by atoms with E-state index in [2.05, 4.69) is 5.32 Å². The fraction of sp³-hybridized carbons (Fsp3) is 0.222. The van der Waals surface area contributed by atoms with Crippen LogP contribution in [0.2, 0.25) is 0 Å². The van der Waals surface area contributed by atoms with Crippen molar-refractivity contribution in [2.75, 3.05) is 12.1 Å². The average molecular weight is 309 g/mol. The third-order valence-electron chi connectivity index (χ3n) is 4.32. The molecule has 5 nitrogen and oxygen atoms in total. The minimum absolute atomic E-state index is 0.0227. The molecule has 5 heteroatoms. The maximum atomic E-state index is 12.6. The Labute approximate surface area is 133 Å². The summed E-state index contributed by atoms with van der Waals surface area (Å²) >= 11 is 0. The number of hydrogen-bond acceptors (Lipinski definition) is 4. The molecule has 0 spiro atoms. The average Bonchev–Trinajstić information content (AvgIpc) is 3.12. The fourth-order valence-corrected chi connectivity index (χ4v) is 3.21. The van der Waals surface area contributed by atoms with Crippen molar-refractivity contribution in [1.29, 1.82) is 0 Å². The van der Waals surface area contributed by atoms with Crippen molar-refractivity contribution in [3.05, 3.63) is 53.1 Å². The van der Waals surface area contributed by atoms with E-state index in [9.17, 15) is 9.59 Å². The largest absolute Gasteiger partial charge is 0.454 e. The smallest absolute Gasteiger partial charge is 0.232 e. The Morgan fingerprint density at radius 1 is 1.17 bits per heavy atom. The topological polar surface area (TPSA) is 64.6 Å². The molecule has 1 aliphatic carbocycles. The van der Waals surface area contributed by atoms with Crippen LogP contribution in [0.5, 0.6) is 11.5 Å². The molecule has 116 valence electrons. The molecule has 23 heavy (non-hydrogen) atoms. The summed E-state index contributed by atoms with van der Waals surface area (Å²) in [5.74, 6) is 0.686. The number of rotatable bonds is 2. The highest BCUT2D eigenvalue weighted by atomic mass is 16.7. The number of hydrogen-bond donors (Lipinski definition) is 1. The van der Waals surface area contributed by atoms with Crippen LogP contribution in [0.3, 0.4) is 0 Å². The lowest BCUT2D eigenvalue weighted by molar-refractivity contribution is -0.117. The van der Waals surface area contributed by atoms with Gasteiger partial charge in [-0.1, -0.05) is 18.2 Å². The van der Waals surface area contributed by atoms with Gasteiger partial charge in [0.2, 0.25) is 12.7 Å². The van der Waals surface area contributed by atoms with Gasteiger partial charge in [0, 0.05) is 23.7 Å². The minimum Gasteiger partial charge on any atom is -0.454 e. The van der Waals surface area contributed by atoms with Gasteiger partial charge in [0.15, 0.2) is 17.3 Å². The monoisotopic (exact) mass is 309 g/mol. The highest BCUT2D eigenvalue weighted by molar-refractivity contribution is 6.09. The van der Waals surface area contributed by atoms with E-state index >= 15 is 0 Å². The molecule has 2 aromatic rings. The lowest BCUT2D eigenvalue weighted by atomic mass is 9.96. The Morgan fingerprint density at radius 3 is 2.87 bits per heavy atom. The van der Waals surface area contributed by atoms with Crippen LogP contribution in [0.25, 0.3) is 0 Å².